The number of benzene rings is 2. The van der Waals surface area contributed by atoms with Gasteiger partial charge in [-0.1, -0.05) is 25.4 Å². The Kier molecular flexibility index (Phi) is 9.09. The molecule has 2 aromatic rings. The average Bonchev–Trinajstić information content (AvgIpc) is 2.82. The molecule has 0 spiro atoms. The molecule has 7 heteroatoms. The standard InChI is InChI=1S/C27H37ClN2O4/c1-27(2)8-11-30(12-9-27)10-6-5-7-25(31)22-16-23(28)24(29)17-26(22)34-18-19-13-20(32-3)15-21(14-19)33-4/h13-17H,5-12,18,29H2,1-4H3. The van der Waals surface area contributed by atoms with E-state index < -0.39 is 0 Å². The summed E-state index contributed by atoms with van der Waals surface area (Å²) in [4.78, 5) is 15.6. The van der Waals surface area contributed by atoms with Crippen molar-refractivity contribution in [3.8, 4) is 17.2 Å². The first-order valence-corrected chi connectivity index (χ1v) is 12.3. The number of halogens is 1. The number of hydrogen-bond acceptors (Lipinski definition) is 6. The van der Waals surface area contributed by atoms with Gasteiger partial charge >= 0.3 is 0 Å². The van der Waals surface area contributed by atoms with Crippen molar-refractivity contribution >= 4 is 23.1 Å². The molecule has 0 aromatic heterocycles. The lowest BCUT2D eigenvalue weighted by Crippen LogP contribution is -2.37. The highest BCUT2D eigenvalue weighted by molar-refractivity contribution is 6.33. The quantitative estimate of drug-likeness (QED) is 0.238. The Morgan fingerprint density at radius 1 is 1.03 bits per heavy atom. The van der Waals surface area contributed by atoms with E-state index in [1.54, 1.807) is 32.4 Å². The zero-order valence-electron chi connectivity index (χ0n) is 20.8. The second kappa shape index (κ2) is 11.8. The molecule has 0 unspecified atom stereocenters. The number of nitrogen functional groups attached to an aromatic ring is 1. The Morgan fingerprint density at radius 2 is 1.68 bits per heavy atom. The lowest BCUT2D eigenvalue weighted by molar-refractivity contribution is 0.0969. The number of ether oxygens (including phenoxy) is 3. The lowest BCUT2D eigenvalue weighted by atomic mass is 9.82. The van der Waals surface area contributed by atoms with E-state index in [1.807, 2.05) is 12.1 Å². The van der Waals surface area contributed by atoms with E-state index in [9.17, 15) is 4.79 Å². The first-order valence-electron chi connectivity index (χ1n) is 11.9. The summed E-state index contributed by atoms with van der Waals surface area (Å²) in [6.07, 6.45) is 4.73. The number of methoxy groups -OCH3 is 2. The van der Waals surface area contributed by atoms with Gasteiger partial charge in [-0.3, -0.25) is 4.79 Å². The Hall–Kier alpha value is -2.44. The normalized spacial score (nSPS) is 15.7. The molecule has 186 valence electrons. The third kappa shape index (κ3) is 7.28. The van der Waals surface area contributed by atoms with E-state index in [2.05, 4.69) is 18.7 Å². The zero-order chi connectivity index (χ0) is 24.7. The minimum atomic E-state index is 0.0138. The van der Waals surface area contributed by atoms with Crippen LogP contribution >= 0.6 is 11.6 Å². The summed E-state index contributed by atoms with van der Waals surface area (Å²) in [5, 5.41) is 0.356. The first kappa shape index (κ1) is 26.2. The van der Waals surface area contributed by atoms with Crippen molar-refractivity contribution in [3.63, 3.8) is 0 Å². The maximum atomic E-state index is 13.0. The highest BCUT2D eigenvalue weighted by Gasteiger charge is 2.25. The molecular formula is C27H37ClN2O4. The number of anilines is 1. The summed E-state index contributed by atoms with van der Waals surface area (Å²) in [6.45, 7) is 8.23. The number of nitrogens with two attached hydrogens (primary N) is 1. The summed E-state index contributed by atoms with van der Waals surface area (Å²) in [6, 6.07) is 8.77. The topological polar surface area (TPSA) is 74.0 Å². The fourth-order valence-corrected chi connectivity index (χ4v) is 4.32. The maximum absolute atomic E-state index is 13.0. The smallest absolute Gasteiger partial charge is 0.166 e. The van der Waals surface area contributed by atoms with E-state index in [0.717, 1.165) is 38.0 Å². The van der Waals surface area contributed by atoms with Crippen molar-refractivity contribution in [3.05, 3.63) is 46.5 Å². The largest absolute Gasteiger partial charge is 0.497 e. The van der Waals surface area contributed by atoms with Gasteiger partial charge in [0, 0.05) is 18.6 Å². The van der Waals surface area contributed by atoms with Gasteiger partial charge in [-0.15, -0.1) is 0 Å². The Bertz CT molecular complexity index is 961. The number of Topliss-reactive ketones (excluding diaryl/α,β-unsaturated/α-hetero) is 1. The summed E-state index contributed by atoms with van der Waals surface area (Å²) < 4.78 is 16.7. The number of carbonyl (C=O) groups is 1. The van der Waals surface area contributed by atoms with Crippen LogP contribution in [-0.2, 0) is 6.61 Å². The summed E-state index contributed by atoms with van der Waals surface area (Å²) in [7, 11) is 3.20. The maximum Gasteiger partial charge on any atom is 0.166 e. The van der Waals surface area contributed by atoms with Crippen LogP contribution in [0.5, 0.6) is 17.2 Å². The molecule has 1 fully saturated rings. The van der Waals surface area contributed by atoms with Crippen LogP contribution in [0.4, 0.5) is 5.69 Å². The summed E-state index contributed by atoms with van der Waals surface area (Å²) in [5.74, 6) is 1.79. The Balaban J connectivity index is 1.60. The summed E-state index contributed by atoms with van der Waals surface area (Å²) in [5.41, 5.74) is 8.16. The van der Waals surface area contributed by atoms with Crippen molar-refractivity contribution in [2.45, 2.75) is 52.6 Å². The van der Waals surface area contributed by atoms with Crippen molar-refractivity contribution < 1.29 is 19.0 Å². The molecule has 0 atom stereocenters. The van der Waals surface area contributed by atoms with Crippen molar-refractivity contribution in [2.24, 2.45) is 5.41 Å². The molecule has 1 heterocycles. The molecule has 2 aromatic carbocycles. The highest BCUT2D eigenvalue weighted by atomic mass is 35.5. The number of hydrogen-bond donors (Lipinski definition) is 1. The molecule has 0 saturated carbocycles. The third-order valence-corrected chi connectivity index (χ3v) is 6.87. The predicted molar refractivity (Wildman–Crippen MR) is 137 cm³/mol. The fraction of sp³-hybridized carbons (Fsp3) is 0.519. The highest BCUT2D eigenvalue weighted by Crippen LogP contribution is 2.32. The average molecular weight is 489 g/mol. The number of carbonyl (C=O) groups excluding carboxylic acids is 1. The zero-order valence-corrected chi connectivity index (χ0v) is 21.5. The van der Waals surface area contributed by atoms with Crippen LogP contribution in [0.15, 0.2) is 30.3 Å². The van der Waals surface area contributed by atoms with Gasteiger partial charge in [0.15, 0.2) is 5.78 Å². The molecular weight excluding hydrogens is 452 g/mol. The number of unbranched alkanes of at least 4 members (excludes halogenated alkanes) is 1. The van der Waals surface area contributed by atoms with Gasteiger partial charge in [0.1, 0.15) is 23.9 Å². The van der Waals surface area contributed by atoms with Crippen LogP contribution in [0.3, 0.4) is 0 Å². The number of rotatable bonds is 11. The Labute approximate surface area is 208 Å². The molecule has 0 amide bonds. The minimum absolute atomic E-state index is 0.0138. The van der Waals surface area contributed by atoms with Crippen LogP contribution in [0, 0.1) is 5.41 Å². The van der Waals surface area contributed by atoms with E-state index in [0.29, 0.717) is 45.4 Å². The van der Waals surface area contributed by atoms with Crippen LogP contribution in [-0.4, -0.2) is 44.5 Å². The van der Waals surface area contributed by atoms with E-state index in [4.69, 9.17) is 31.5 Å². The lowest BCUT2D eigenvalue weighted by Gasteiger charge is -2.36. The number of piperidine rings is 1. The van der Waals surface area contributed by atoms with Gasteiger partial charge in [-0.25, -0.2) is 0 Å². The monoisotopic (exact) mass is 488 g/mol. The van der Waals surface area contributed by atoms with Gasteiger partial charge in [-0.2, -0.15) is 0 Å². The SMILES string of the molecule is COc1cc(COc2cc(N)c(Cl)cc2C(=O)CCCCN2CCC(C)(C)CC2)cc(OC)c1. The predicted octanol–water partition coefficient (Wildman–Crippen LogP) is 5.99. The molecule has 0 aliphatic carbocycles. The number of likely N-dealkylation sites (tertiary alicyclic amines) is 1. The van der Waals surface area contributed by atoms with Crippen molar-refractivity contribution in [2.75, 3.05) is 39.6 Å². The van der Waals surface area contributed by atoms with Crippen molar-refractivity contribution in [1.82, 2.24) is 4.90 Å². The van der Waals surface area contributed by atoms with Crippen molar-refractivity contribution in [1.29, 1.82) is 0 Å². The summed E-state index contributed by atoms with van der Waals surface area (Å²) >= 11 is 6.24. The van der Waals surface area contributed by atoms with E-state index in [-0.39, 0.29) is 12.4 Å². The molecule has 0 bridgehead atoms. The third-order valence-electron chi connectivity index (χ3n) is 6.54. The second-order valence-corrected chi connectivity index (χ2v) is 10.2. The van der Waals surface area contributed by atoms with Crippen LogP contribution in [0.1, 0.15) is 61.9 Å². The van der Waals surface area contributed by atoms with Gasteiger partial charge in [0.25, 0.3) is 0 Å². The molecule has 6 nitrogen and oxygen atoms in total. The Morgan fingerprint density at radius 3 is 2.29 bits per heavy atom. The molecule has 2 N–H and O–H groups in total. The second-order valence-electron chi connectivity index (χ2n) is 9.77. The first-order chi connectivity index (χ1) is 16.2. The van der Waals surface area contributed by atoms with E-state index >= 15 is 0 Å². The number of nitrogens with zero attached hydrogens (tertiary/aromatic N) is 1. The number of ketones is 1. The van der Waals surface area contributed by atoms with Gasteiger partial charge in [-0.05, 0) is 74.5 Å². The fourth-order valence-electron chi connectivity index (χ4n) is 4.15. The molecule has 1 aliphatic heterocycles. The van der Waals surface area contributed by atoms with Crippen LogP contribution in [0.25, 0.3) is 0 Å². The van der Waals surface area contributed by atoms with Crippen LogP contribution < -0.4 is 19.9 Å². The minimum Gasteiger partial charge on any atom is -0.497 e. The molecule has 0 radical (unpaired) electrons. The van der Waals surface area contributed by atoms with Crippen LogP contribution in [0.2, 0.25) is 5.02 Å². The van der Waals surface area contributed by atoms with Gasteiger partial charge in [0.05, 0.1) is 30.5 Å². The molecule has 34 heavy (non-hydrogen) atoms. The molecule has 1 aliphatic rings. The molecule has 3 rings (SSSR count). The van der Waals surface area contributed by atoms with E-state index in [1.165, 1.54) is 12.8 Å². The van der Waals surface area contributed by atoms with Gasteiger partial charge in [0.2, 0.25) is 0 Å². The van der Waals surface area contributed by atoms with Gasteiger partial charge < -0.3 is 24.8 Å². The molecule has 1 saturated heterocycles.